The third-order valence-electron chi connectivity index (χ3n) is 1.21. The molecule has 0 aromatic rings. The summed E-state index contributed by atoms with van der Waals surface area (Å²) < 4.78 is 0. The van der Waals surface area contributed by atoms with Crippen molar-refractivity contribution in [2.45, 2.75) is 13.3 Å². The maximum atomic E-state index is 5.10. The van der Waals surface area contributed by atoms with Crippen LogP contribution in [0.2, 0.25) is 0 Å². The average Bonchev–Trinajstić information content (AvgIpc) is 2.10. The van der Waals surface area contributed by atoms with Gasteiger partial charge in [0.1, 0.15) is 0 Å². The zero-order valence-electron chi connectivity index (χ0n) is 7.52. The quantitative estimate of drug-likeness (QED) is 0.490. The van der Waals surface area contributed by atoms with Gasteiger partial charge in [0, 0.05) is 25.3 Å². The Labute approximate surface area is 79.7 Å². The van der Waals surface area contributed by atoms with E-state index in [0.717, 1.165) is 31.0 Å². The summed E-state index contributed by atoms with van der Waals surface area (Å²) in [5, 5.41) is 3.29. The molecule has 2 heteroatoms. The first-order valence-electron chi connectivity index (χ1n) is 4.03. The highest BCUT2D eigenvalue weighted by Gasteiger charge is 1.85. The highest BCUT2D eigenvalue weighted by atomic mass is 32.2. The predicted octanol–water partition coefficient (Wildman–Crippen LogP) is 1.36. The van der Waals surface area contributed by atoms with Gasteiger partial charge in [0.15, 0.2) is 0 Å². The van der Waals surface area contributed by atoms with Crippen LogP contribution in [-0.2, 0) is 0 Å². The third kappa shape index (κ3) is 9.43. The molecular weight excluding hydrogens is 166 g/mol. The number of nitrogens with one attached hydrogen (secondary N) is 1. The molecule has 0 spiro atoms. The monoisotopic (exact) mass is 181 g/mol. The minimum Gasteiger partial charge on any atom is -0.315 e. The van der Waals surface area contributed by atoms with Gasteiger partial charge in [-0.3, -0.25) is 0 Å². The van der Waals surface area contributed by atoms with Crippen LogP contribution < -0.4 is 5.32 Å². The highest BCUT2D eigenvalue weighted by molar-refractivity contribution is 7.99. The Balaban J connectivity index is 2.90. The Bertz CT molecular complexity index is 182. The van der Waals surface area contributed by atoms with E-state index in [1.54, 1.807) is 11.8 Å². The smallest absolute Gasteiger partial charge is 0.0545 e. The van der Waals surface area contributed by atoms with Gasteiger partial charge in [0.05, 0.1) is 5.75 Å². The van der Waals surface area contributed by atoms with Crippen LogP contribution in [0.1, 0.15) is 13.3 Å². The zero-order valence-corrected chi connectivity index (χ0v) is 8.34. The van der Waals surface area contributed by atoms with Gasteiger partial charge in [0.25, 0.3) is 0 Å². The molecular formula is C10H15NS. The zero-order chi connectivity index (χ0) is 9.07. The molecule has 0 unspecified atom stereocenters. The molecule has 1 nitrogen and oxygen atoms in total. The van der Waals surface area contributed by atoms with E-state index in [0.29, 0.717) is 0 Å². The topological polar surface area (TPSA) is 12.0 Å². The van der Waals surface area contributed by atoms with Crippen LogP contribution in [0.25, 0.3) is 0 Å². The molecule has 0 rings (SSSR count). The molecule has 0 fully saturated rings. The molecule has 0 aliphatic carbocycles. The van der Waals surface area contributed by atoms with Gasteiger partial charge in [-0.1, -0.05) is 5.92 Å². The lowest BCUT2D eigenvalue weighted by Crippen LogP contribution is -2.18. The van der Waals surface area contributed by atoms with Crippen LogP contribution in [0.4, 0.5) is 0 Å². The van der Waals surface area contributed by atoms with Gasteiger partial charge in [-0.05, 0) is 6.92 Å². The normalized spacial score (nSPS) is 8.33. The summed E-state index contributed by atoms with van der Waals surface area (Å²) in [4.78, 5) is 0. The summed E-state index contributed by atoms with van der Waals surface area (Å²) in [7, 11) is 0. The second kappa shape index (κ2) is 10.4. The van der Waals surface area contributed by atoms with E-state index < -0.39 is 0 Å². The van der Waals surface area contributed by atoms with E-state index in [9.17, 15) is 0 Å². The first kappa shape index (κ1) is 11.4. The third-order valence-corrected chi connectivity index (χ3v) is 2.08. The average molecular weight is 181 g/mol. The minimum absolute atomic E-state index is 0.816. The fourth-order valence-corrected chi connectivity index (χ4v) is 1.23. The Kier molecular flexibility index (Phi) is 9.93. The summed E-state index contributed by atoms with van der Waals surface area (Å²) in [6.45, 7) is 3.87. The summed E-state index contributed by atoms with van der Waals surface area (Å²) in [5.74, 6) is 10.4. The fraction of sp³-hybridized carbons (Fsp3) is 0.600. The van der Waals surface area contributed by atoms with E-state index in [1.165, 1.54) is 0 Å². The standard InChI is InChI=1S/C10H15NS/c1-3-5-6-7-11-8-10-12-9-4-2/h2,11H,6-10H2,1H3. The molecule has 0 aromatic heterocycles. The first-order chi connectivity index (χ1) is 5.91. The number of hydrogen-bond donors (Lipinski definition) is 1. The van der Waals surface area contributed by atoms with Crippen molar-refractivity contribution < 1.29 is 0 Å². The molecule has 0 heterocycles. The molecule has 0 saturated carbocycles. The van der Waals surface area contributed by atoms with Crippen molar-refractivity contribution in [3.05, 3.63) is 0 Å². The van der Waals surface area contributed by atoms with Crippen molar-refractivity contribution >= 4 is 11.8 Å². The Hall–Kier alpha value is -0.570. The van der Waals surface area contributed by atoms with E-state index in [2.05, 4.69) is 23.1 Å². The maximum absolute atomic E-state index is 5.10. The second-order valence-corrected chi connectivity index (χ2v) is 3.29. The molecule has 0 atom stereocenters. The van der Waals surface area contributed by atoms with Crippen molar-refractivity contribution in [1.82, 2.24) is 5.32 Å². The number of hydrogen-bond acceptors (Lipinski definition) is 2. The SMILES string of the molecule is C#CCSCCNCCC#CC. The van der Waals surface area contributed by atoms with Crippen LogP contribution in [-0.4, -0.2) is 24.6 Å². The lowest BCUT2D eigenvalue weighted by atomic mass is 10.4. The lowest BCUT2D eigenvalue weighted by Gasteiger charge is -1.99. The molecule has 0 amide bonds. The summed E-state index contributed by atoms with van der Waals surface area (Å²) in [5.41, 5.74) is 0. The van der Waals surface area contributed by atoms with Crippen LogP contribution in [0.5, 0.6) is 0 Å². The summed E-state index contributed by atoms with van der Waals surface area (Å²) in [6, 6.07) is 0. The number of terminal acetylenes is 1. The van der Waals surface area contributed by atoms with Gasteiger partial charge in [-0.2, -0.15) is 0 Å². The fourth-order valence-electron chi connectivity index (χ4n) is 0.676. The molecule has 1 N–H and O–H groups in total. The number of thioether (sulfide) groups is 1. The molecule has 0 aromatic carbocycles. The summed E-state index contributed by atoms with van der Waals surface area (Å²) in [6.07, 6.45) is 6.04. The van der Waals surface area contributed by atoms with E-state index in [1.807, 2.05) is 6.92 Å². The van der Waals surface area contributed by atoms with Gasteiger partial charge in [0.2, 0.25) is 0 Å². The first-order valence-corrected chi connectivity index (χ1v) is 5.18. The van der Waals surface area contributed by atoms with Gasteiger partial charge in [-0.25, -0.2) is 0 Å². The van der Waals surface area contributed by atoms with Gasteiger partial charge in [-0.15, -0.1) is 30.0 Å². The molecule has 0 aliphatic heterocycles. The second-order valence-electron chi connectivity index (χ2n) is 2.18. The van der Waals surface area contributed by atoms with Crippen LogP contribution in [0.15, 0.2) is 0 Å². The van der Waals surface area contributed by atoms with Crippen LogP contribution in [0, 0.1) is 24.2 Å². The largest absolute Gasteiger partial charge is 0.315 e. The predicted molar refractivity (Wildman–Crippen MR) is 57.1 cm³/mol. The van der Waals surface area contributed by atoms with Crippen molar-refractivity contribution in [3.8, 4) is 24.2 Å². The molecule has 66 valence electrons. The number of rotatable bonds is 6. The Morgan fingerprint density at radius 2 is 2.25 bits per heavy atom. The Morgan fingerprint density at radius 3 is 2.92 bits per heavy atom. The molecule has 12 heavy (non-hydrogen) atoms. The van der Waals surface area contributed by atoms with E-state index in [-0.39, 0.29) is 0 Å². The Morgan fingerprint density at radius 1 is 1.42 bits per heavy atom. The highest BCUT2D eigenvalue weighted by Crippen LogP contribution is 1.94. The van der Waals surface area contributed by atoms with Crippen molar-refractivity contribution in [2.75, 3.05) is 24.6 Å². The van der Waals surface area contributed by atoms with Crippen molar-refractivity contribution in [1.29, 1.82) is 0 Å². The molecule has 0 bridgehead atoms. The molecule has 0 saturated heterocycles. The van der Waals surface area contributed by atoms with Crippen LogP contribution in [0.3, 0.4) is 0 Å². The van der Waals surface area contributed by atoms with Gasteiger partial charge < -0.3 is 5.32 Å². The molecule has 0 aliphatic rings. The van der Waals surface area contributed by atoms with Crippen molar-refractivity contribution in [2.24, 2.45) is 0 Å². The van der Waals surface area contributed by atoms with Crippen molar-refractivity contribution in [3.63, 3.8) is 0 Å². The van der Waals surface area contributed by atoms with E-state index in [4.69, 9.17) is 6.42 Å². The van der Waals surface area contributed by atoms with Crippen LogP contribution >= 0.6 is 11.8 Å². The lowest BCUT2D eigenvalue weighted by molar-refractivity contribution is 0.738. The molecule has 0 radical (unpaired) electrons. The van der Waals surface area contributed by atoms with E-state index >= 15 is 0 Å². The van der Waals surface area contributed by atoms with Gasteiger partial charge >= 0.3 is 0 Å². The summed E-state index contributed by atoms with van der Waals surface area (Å²) >= 11 is 1.78. The minimum atomic E-state index is 0.816. The maximum Gasteiger partial charge on any atom is 0.0545 e.